The second-order valence-corrected chi connectivity index (χ2v) is 11.6. The fourth-order valence-electron chi connectivity index (χ4n) is 5.94. The van der Waals surface area contributed by atoms with Crippen molar-refractivity contribution >= 4 is 46.4 Å². The second-order valence-electron chi connectivity index (χ2n) is 11.6. The van der Waals surface area contributed by atoms with Gasteiger partial charge in [-0.25, -0.2) is 0 Å². The molecule has 2 aromatic carbocycles. The van der Waals surface area contributed by atoms with Gasteiger partial charge in [-0.1, -0.05) is 18.2 Å². The van der Waals surface area contributed by atoms with E-state index in [4.69, 9.17) is 23.9 Å². The minimum atomic E-state index is -1.92. The summed E-state index contributed by atoms with van der Waals surface area (Å²) in [6.45, 7) is 6.99. The molecule has 0 saturated heterocycles. The number of ketones is 1. The largest absolute Gasteiger partial charge is 0.483 e. The first-order valence-electron chi connectivity index (χ1n) is 14.5. The van der Waals surface area contributed by atoms with Gasteiger partial charge in [0.2, 0.25) is 11.4 Å². The Morgan fingerprint density at radius 1 is 1.07 bits per heavy atom. The van der Waals surface area contributed by atoms with E-state index < -0.39 is 41.5 Å². The Morgan fingerprint density at radius 3 is 2.55 bits per heavy atom. The Balaban J connectivity index is 1.53. The molecule has 0 fully saturated rings. The summed E-state index contributed by atoms with van der Waals surface area (Å²) in [5.74, 6) is -2.07. The molecule has 3 unspecified atom stereocenters. The summed E-state index contributed by atoms with van der Waals surface area (Å²) >= 11 is 0. The highest BCUT2D eigenvalue weighted by Crippen LogP contribution is 2.40. The summed E-state index contributed by atoms with van der Waals surface area (Å²) in [7, 11) is 4.11. The number of carbonyl (C=O) groups excluding carboxylic acids is 4. The van der Waals surface area contributed by atoms with Gasteiger partial charge in [0.15, 0.2) is 6.10 Å². The summed E-state index contributed by atoms with van der Waals surface area (Å²) < 4.78 is 22.5. The molecule has 5 rings (SSSR count). The molecule has 0 saturated carbocycles. The van der Waals surface area contributed by atoms with E-state index >= 15 is 0 Å². The minimum absolute atomic E-state index is 0.0105. The zero-order valence-electron chi connectivity index (χ0n) is 25.6. The Labute approximate surface area is 256 Å². The molecule has 11 nitrogen and oxygen atoms in total. The van der Waals surface area contributed by atoms with E-state index in [0.717, 1.165) is 37.1 Å². The van der Waals surface area contributed by atoms with E-state index in [9.17, 15) is 19.2 Å². The average molecular weight is 604 g/mol. The molecule has 11 heteroatoms. The summed E-state index contributed by atoms with van der Waals surface area (Å²) in [4.78, 5) is 58.7. The highest BCUT2D eigenvalue weighted by atomic mass is 16.6. The molecule has 0 radical (unpaired) electrons. The number of aliphatic imine (C=N–C) groups is 1. The van der Waals surface area contributed by atoms with Gasteiger partial charge in [0.05, 0.1) is 11.9 Å². The highest BCUT2D eigenvalue weighted by Gasteiger charge is 2.51. The molecule has 44 heavy (non-hydrogen) atoms. The third kappa shape index (κ3) is 6.58. The maximum Gasteiger partial charge on any atom is 0.304 e. The third-order valence-electron chi connectivity index (χ3n) is 7.85. The lowest BCUT2D eigenvalue weighted by Crippen LogP contribution is -2.52. The van der Waals surface area contributed by atoms with Crippen molar-refractivity contribution in [2.75, 3.05) is 33.8 Å². The Kier molecular flexibility index (Phi) is 8.98. The van der Waals surface area contributed by atoms with E-state index in [1.54, 1.807) is 0 Å². The summed E-state index contributed by atoms with van der Waals surface area (Å²) in [6, 6.07) is 10.2. The molecule has 0 aromatic heterocycles. The number of ether oxygens (including phenoxy) is 4. The number of nitrogens with zero attached hydrogens (tertiary/aromatic N) is 3. The first kappa shape index (κ1) is 31.1. The average Bonchev–Trinajstić information content (AvgIpc) is 2.95. The van der Waals surface area contributed by atoms with Gasteiger partial charge in [-0.15, -0.1) is 0 Å². The lowest BCUT2D eigenvalue weighted by Gasteiger charge is -2.40. The molecule has 0 bridgehead atoms. The predicted octanol–water partition coefficient (Wildman–Crippen LogP) is 3.40. The van der Waals surface area contributed by atoms with E-state index in [2.05, 4.69) is 30.0 Å². The molecule has 3 atom stereocenters. The number of allylic oxidation sites excluding steroid dienone is 1. The summed E-state index contributed by atoms with van der Waals surface area (Å²) in [5, 5.41) is 2.23. The predicted molar refractivity (Wildman–Crippen MR) is 162 cm³/mol. The fourth-order valence-corrected chi connectivity index (χ4v) is 5.94. The van der Waals surface area contributed by atoms with Crippen LogP contribution in [0.1, 0.15) is 38.3 Å². The van der Waals surface area contributed by atoms with E-state index in [1.807, 2.05) is 24.3 Å². The molecule has 0 N–H and O–H groups in total. The van der Waals surface area contributed by atoms with Crippen LogP contribution < -0.4 is 0 Å². The molecule has 0 spiro atoms. The van der Waals surface area contributed by atoms with Crippen LogP contribution in [0, 0.1) is 0 Å². The van der Waals surface area contributed by atoms with Gasteiger partial charge in [0.1, 0.15) is 18.5 Å². The SMILES string of the molecule is CC(=O)OCC1OC2=C(CC1OC(C)=O)C(C=Nc1cc3c4c(cccc4c1)CN(CCN(C)C)C3)(OC(C)=O)C(=O)C=C2. The van der Waals surface area contributed by atoms with Crippen LogP contribution in [0.3, 0.4) is 0 Å². The molecule has 1 aliphatic carbocycles. The van der Waals surface area contributed by atoms with Gasteiger partial charge in [-0.3, -0.25) is 29.1 Å². The van der Waals surface area contributed by atoms with Crippen LogP contribution in [-0.4, -0.2) is 91.3 Å². The molecule has 3 aliphatic rings. The van der Waals surface area contributed by atoms with E-state index in [-0.39, 0.29) is 24.4 Å². The molecular weight excluding hydrogens is 566 g/mol. The quantitative estimate of drug-likeness (QED) is 0.239. The van der Waals surface area contributed by atoms with Crippen LogP contribution in [0.15, 0.2) is 58.8 Å². The monoisotopic (exact) mass is 603 g/mol. The Hall–Kier alpha value is -4.35. The van der Waals surface area contributed by atoms with Crippen molar-refractivity contribution in [3.05, 3.63) is 64.9 Å². The van der Waals surface area contributed by atoms with Crippen molar-refractivity contribution in [2.45, 2.75) is 58.1 Å². The topological polar surface area (TPSA) is 124 Å². The zero-order chi connectivity index (χ0) is 31.6. The summed E-state index contributed by atoms with van der Waals surface area (Å²) in [5.41, 5.74) is 1.32. The Bertz CT molecular complexity index is 1590. The molecule has 2 heterocycles. The van der Waals surface area contributed by atoms with Gasteiger partial charge < -0.3 is 23.8 Å². The van der Waals surface area contributed by atoms with Crippen LogP contribution >= 0.6 is 0 Å². The lowest BCUT2D eigenvalue weighted by atomic mass is 9.80. The summed E-state index contributed by atoms with van der Waals surface area (Å²) in [6.07, 6.45) is 2.32. The van der Waals surface area contributed by atoms with Crippen LogP contribution in [0.4, 0.5) is 5.69 Å². The van der Waals surface area contributed by atoms with Gasteiger partial charge in [0, 0.05) is 58.9 Å². The fraction of sp³-hybridized carbons (Fsp3) is 0.424. The van der Waals surface area contributed by atoms with Crippen LogP contribution in [-0.2, 0) is 51.2 Å². The van der Waals surface area contributed by atoms with Crippen molar-refractivity contribution in [3.8, 4) is 0 Å². The van der Waals surface area contributed by atoms with Gasteiger partial charge in [-0.2, -0.15) is 0 Å². The first-order valence-corrected chi connectivity index (χ1v) is 14.5. The molecule has 2 aliphatic heterocycles. The number of likely N-dealkylation sites (N-methyl/N-ethyl adjacent to an activating group) is 1. The van der Waals surface area contributed by atoms with Gasteiger partial charge in [0.25, 0.3) is 0 Å². The van der Waals surface area contributed by atoms with Crippen molar-refractivity contribution < 1.29 is 38.1 Å². The molecule has 2 aromatic rings. The maximum absolute atomic E-state index is 13.6. The molecule has 232 valence electrons. The normalized spacial score (nSPS) is 23.1. The third-order valence-corrected chi connectivity index (χ3v) is 7.85. The van der Waals surface area contributed by atoms with E-state index in [1.165, 1.54) is 50.1 Å². The van der Waals surface area contributed by atoms with Crippen LogP contribution in [0.5, 0.6) is 0 Å². The van der Waals surface area contributed by atoms with Crippen molar-refractivity contribution in [1.82, 2.24) is 9.80 Å². The Morgan fingerprint density at radius 2 is 1.84 bits per heavy atom. The number of benzene rings is 2. The van der Waals surface area contributed by atoms with Gasteiger partial charge >= 0.3 is 17.9 Å². The number of hydrogen-bond acceptors (Lipinski definition) is 11. The molecular formula is C33H37N3O8. The second kappa shape index (κ2) is 12.7. The van der Waals surface area contributed by atoms with Crippen molar-refractivity contribution in [3.63, 3.8) is 0 Å². The van der Waals surface area contributed by atoms with Gasteiger partial charge in [-0.05, 0) is 60.3 Å². The van der Waals surface area contributed by atoms with Crippen molar-refractivity contribution in [1.29, 1.82) is 0 Å². The lowest BCUT2D eigenvalue weighted by molar-refractivity contribution is -0.165. The standard InChI is InChI=1S/C33H37N3O8/c1-20(37)41-18-30-29(42-21(2)38)15-27-28(43-30)9-10-31(40)33(27,44-22(3)39)19-34-26-13-23-7-6-8-24-16-36(12-11-35(4)5)17-25(14-26)32(23)24/h6-10,13-14,19,29-30H,11-12,15-18H2,1-5H3. The minimum Gasteiger partial charge on any atom is -0.483 e. The van der Waals surface area contributed by atoms with Crippen LogP contribution in [0.2, 0.25) is 0 Å². The number of carbonyl (C=O) groups is 4. The highest BCUT2D eigenvalue weighted by molar-refractivity contribution is 6.15. The van der Waals surface area contributed by atoms with Crippen molar-refractivity contribution in [2.24, 2.45) is 4.99 Å². The number of hydrogen-bond donors (Lipinski definition) is 0. The molecule has 0 amide bonds. The first-order chi connectivity index (χ1) is 20.9. The number of esters is 3. The number of rotatable bonds is 9. The zero-order valence-corrected chi connectivity index (χ0v) is 25.6. The van der Waals surface area contributed by atoms with Crippen LogP contribution in [0.25, 0.3) is 10.8 Å². The smallest absolute Gasteiger partial charge is 0.304 e. The maximum atomic E-state index is 13.6. The van der Waals surface area contributed by atoms with E-state index in [0.29, 0.717) is 5.69 Å².